The summed E-state index contributed by atoms with van der Waals surface area (Å²) in [6, 6.07) is 5.98. The monoisotopic (exact) mass is 482 g/mol. The fraction of sp³-hybridized carbons (Fsp3) is 0.286. The molecule has 1 aliphatic rings. The minimum absolute atomic E-state index is 0.111. The third-order valence-electron chi connectivity index (χ3n) is 4.69. The maximum absolute atomic E-state index is 14.2. The quantitative estimate of drug-likeness (QED) is 0.474. The Hall–Kier alpha value is -3.22. The topological polar surface area (TPSA) is 119 Å². The van der Waals surface area contributed by atoms with Gasteiger partial charge in [0.1, 0.15) is 11.6 Å². The van der Waals surface area contributed by atoms with Gasteiger partial charge in [0.05, 0.1) is 29.2 Å². The lowest BCUT2D eigenvalue weighted by molar-refractivity contribution is -0.114. The molecule has 1 fully saturated rings. The normalized spacial score (nSPS) is 14.5. The molecule has 12 heteroatoms. The molecule has 0 atom stereocenters. The van der Waals surface area contributed by atoms with E-state index in [2.05, 4.69) is 5.32 Å². The van der Waals surface area contributed by atoms with Crippen molar-refractivity contribution in [3.05, 3.63) is 59.2 Å². The zero-order valence-corrected chi connectivity index (χ0v) is 18.3. The Balaban J connectivity index is 1.72. The first kappa shape index (κ1) is 24.4. The number of carbonyl (C=O) groups excluding carboxylic acids is 3. The second kappa shape index (κ2) is 10.1. The molecule has 0 unspecified atom stereocenters. The summed E-state index contributed by atoms with van der Waals surface area (Å²) < 4.78 is 64.9. The van der Waals surface area contributed by atoms with Crippen molar-refractivity contribution >= 4 is 33.4 Å². The predicted octanol–water partition coefficient (Wildman–Crippen LogP) is 1.98. The van der Waals surface area contributed by atoms with E-state index in [1.54, 1.807) is 0 Å². The molecule has 0 saturated carbocycles. The number of amides is 1. The van der Waals surface area contributed by atoms with Crippen LogP contribution in [0, 0.1) is 11.6 Å². The van der Waals surface area contributed by atoms with Gasteiger partial charge in [-0.05, 0) is 36.4 Å². The first-order chi connectivity index (χ1) is 15.6. The van der Waals surface area contributed by atoms with Crippen LogP contribution in [-0.4, -0.2) is 63.3 Å². The highest BCUT2D eigenvalue weighted by molar-refractivity contribution is 7.89. The second-order valence-electron chi connectivity index (χ2n) is 7.03. The van der Waals surface area contributed by atoms with E-state index >= 15 is 0 Å². The van der Waals surface area contributed by atoms with E-state index in [0.717, 1.165) is 34.6 Å². The second-order valence-corrected chi connectivity index (χ2v) is 8.97. The van der Waals surface area contributed by atoms with Crippen molar-refractivity contribution in [3.8, 4) is 0 Å². The van der Waals surface area contributed by atoms with Crippen LogP contribution in [0.5, 0.6) is 0 Å². The molecule has 1 aliphatic heterocycles. The van der Waals surface area contributed by atoms with Gasteiger partial charge in [0, 0.05) is 25.7 Å². The summed E-state index contributed by atoms with van der Waals surface area (Å²) in [4.78, 5) is 35.3. The average Bonchev–Trinajstić information content (AvgIpc) is 2.77. The Morgan fingerprint density at radius 2 is 1.73 bits per heavy atom. The molecule has 2 aromatic carbocycles. The van der Waals surface area contributed by atoms with Gasteiger partial charge in [-0.25, -0.2) is 22.0 Å². The van der Waals surface area contributed by atoms with Crippen molar-refractivity contribution in [3.63, 3.8) is 0 Å². The first-order valence-corrected chi connectivity index (χ1v) is 11.2. The molecule has 0 aliphatic carbocycles. The van der Waals surface area contributed by atoms with E-state index in [4.69, 9.17) is 9.47 Å². The highest BCUT2D eigenvalue weighted by atomic mass is 32.2. The van der Waals surface area contributed by atoms with Gasteiger partial charge in [0.2, 0.25) is 21.7 Å². The summed E-state index contributed by atoms with van der Waals surface area (Å²) >= 11 is 0. The number of Topliss-reactive ketones (excluding diaryl/α,β-unsaturated/α-hetero) is 1. The fourth-order valence-corrected chi connectivity index (χ4v) is 4.50. The standard InChI is InChI=1S/C21H20F2N2O7S/c1-13(26)24-14-2-4-16(19(23)10-14)20(27)12-32-21(28)17-11-15(3-5-18(17)22)33(29,30)25-6-8-31-9-7-25/h2-5,10-11H,6-9,12H2,1H3,(H,24,26). The third-order valence-corrected chi connectivity index (χ3v) is 6.58. The number of morpholine rings is 1. The van der Waals surface area contributed by atoms with Gasteiger partial charge in [-0.2, -0.15) is 4.31 Å². The highest BCUT2D eigenvalue weighted by Crippen LogP contribution is 2.21. The van der Waals surface area contributed by atoms with Crippen LogP contribution >= 0.6 is 0 Å². The number of hydrogen-bond donors (Lipinski definition) is 1. The van der Waals surface area contributed by atoms with Crippen LogP contribution in [0.4, 0.5) is 14.5 Å². The van der Waals surface area contributed by atoms with Crippen LogP contribution in [0.3, 0.4) is 0 Å². The lowest BCUT2D eigenvalue weighted by Crippen LogP contribution is -2.40. The number of anilines is 1. The van der Waals surface area contributed by atoms with E-state index < -0.39 is 57.1 Å². The number of rotatable bonds is 7. The summed E-state index contributed by atoms with van der Waals surface area (Å²) in [6.45, 7) is 0.964. The summed E-state index contributed by atoms with van der Waals surface area (Å²) in [5, 5.41) is 2.35. The van der Waals surface area contributed by atoms with E-state index in [1.165, 1.54) is 13.0 Å². The van der Waals surface area contributed by atoms with E-state index in [9.17, 15) is 31.6 Å². The molecule has 33 heavy (non-hydrogen) atoms. The van der Waals surface area contributed by atoms with Gasteiger partial charge in [0.25, 0.3) is 0 Å². The zero-order chi connectivity index (χ0) is 24.2. The van der Waals surface area contributed by atoms with Crippen molar-refractivity contribution in [2.75, 3.05) is 38.2 Å². The number of benzene rings is 2. The molecule has 1 N–H and O–H groups in total. The maximum Gasteiger partial charge on any atom is 0.341 e. The molecule has 1 heterocycles. The molecule has 0 spiro atoms. The SMILES string of the molecule is CC(=O)Nc1ccc(C(=O)COC(=O)c2cc(S(=O)(=O)N3CCOCC3)ccc2F)c(F)c1. The predicted molar refractivity (Wildman–Crippen MR) is 111 cm³/mol. The number of ether oxygens (including phenoxy) is 2. The molecule has 9 nitrogen and oxygen atoms in total. The van der Waals surface area contributed by atoms with Crippen LogP contribution in [-0.2, 0) is 24.3 Å². The molecule has 0 aromatic heterocycles. The van der Waals surface area contributed by atoms with Crippen LogP contribution in [0.15, 0.2) is 41.3 Å². The Labute approximate surface area is 188 Å². The largest absolute Gasteiger partial charge is 0.454 e. The van der Waals surface area contributed by atoms with Gasteiger partial charge in [-0.3, -0.25) is 9.59 Å². The molecule has 2 aromatic rings. The number of ketones is 1. The van der Waals surface area contributed by atoms with Crippen molar-refractivity contribution in [1.82, 2.24) is 4.31 Å². The number of nitrogens with zero attached hydrogens (tertiary/aromatic N) is 1. The minimum Gasteiger partial charge on any atom is -0.454 e. The maximum atomic E-state index is 14.2. The van der Waals surface area contributed by atoms with Crippen molar-refractivity contribution in [2.45, 2.75) is 11.8 Å². The summed E-state index contributed by atoms with van der Waals surface area (Å²) in [5.74, 6) is -4.61. The van der Waals surface area contributed by atoms with E-state index in [-0.39, 0.29) is 36.9 Å². The van der Waals surface area contributed by atoms with Crippen molar-refractivity contribution in [1.29, 1.82) is 0 Å². The molecule has 176 valence electrons. The summed E-state index contributed by atoms with van der Waals surface area (Å²) in [7, 11) is -4.00. The summed E-state index contributed by atoms with van der Waals surface area (Å²) in [5.41, 5.74) is -0.950. The molecule has 0 bridgehead atoms. The Morgan fingerprint density at radius 3 is 2.36 bits per heavy atom. The van der Waals surface area contributed by atoms with Crippen LogP contribution in [0.2, 0.25) is 0 Å². The molecule has 1 amide bonds. The molecule has 0 radical (unpaired) electrons. The lowest BCUT2D eigenvalue weighted by atomic mass is 10.1. The molecule has 1 saturated heterocycles. The fourth-order valence-electron chi connectivity index (χ4n) is 3.07. The van der Waals surface area contributed by atoms with Gasteiger partial charge >= 0.3 is 5.97 Å². The number of sulfonamides is 1. The van der Waals surface area contributed by atoms with Crippen molar-refractivity contribution in [2.24, 2.45) is 0 Å². The minimum atomic E-state index is -4.00. The van der Waals surface area contributed by atoms with Gasteiger partial charge in [-0.15, -0.1) is 0 Å². The molecular formula is C21H20F2N2O7S. The smallest absolute Gasteiger partial charge is 0.341 e. The number of carbonyl (C=O) groups is 3. The Morgan fingerprint density at radius 1 is 1.03 bits per heavy atom. The Bertz CT molecular complexity index is 1200. The number of esters is 1. The average molecular weight is 482 g/mol. The highest BCUT2D eigenvalue weighted by Gasteiger charge is 2.28. The number of nitrogens with one attached hydrogen (secondary N) is 1. The third kappa shape index (κ3) is 5.78. The van der Waals surface area contributed by atoms with E-state index in [0.29, 0.717) is 0 Å². The van der Waals surface area contributed by atoms with Gasteiger partial charge in [0.15, 0.2) is 6.61 Å². The van der Waals surface area contributed by atoms with Crippen molar-refractivity contribution < 1.29 is 41.1 Å². The molecule has 3 rings (SSSR count). The number of hydrogen-bond acceptors (Lipinski definition) is 7. The van der Waals surface area contributed by atoms with Crippen LogP contribution in [0.25, 0.3) is 0 Å². The van der Waals surface area contributed by atoms with Crippen LogP contribution in [0.1, 0.15) is 27.6 Å². The van der Waals surface area contributed by atoms with Gasteiger partial charge < -0.3 is 14.8 Å². The molecular weight excluding hydrogens is 462 g/mol. The van der Waals surface area contributed by atoms with Gasteiger partial charge in [-0.1, -0.05) is 0 Å². The lowest BCUT2D eigenvalue weighted by Gasteiger charge is -2.26. The van der Waals surface area contributed by atoms with E-state index in [1.807, 2.05) is 0 Å². The van der Waals surface area contributed by atoms with Crippen LogP contribution < -0.4 is 5.32 Å². The number of halogens is 2. The Kier molecular flexibility index (Phi) is 7.51. The first-order valence-electron chi connectivity index (χ1n) is 9.74. The zero-order valence-electron chi connectivity index (χ0n) is 17.5. The summed E-state index contributed by atoms with van der Waals surface area (Å²) in [6.07, 6.45) is 0.